The largest absolute Gasteiger partial charge is 0.482 e. The van der Waals surface area contributed by atoms with Gasteiger partial charge in [-0.1, -0.05) is 30.3 Å². The molecule has 4 nitrogen and oxygen atoms in total. The Hall–Kier alpha value is -2.96. The lowest BCUT2D eigenvalue weighted by atomic mass is 10.2. The lowest BCUT2D eigenvalue weighted by molar-refractivity contribution is -0.153. The van der Waals surface area contributed by atoms with Crippen molar-refractivity contribution in [2.45, 2.75) is 6.18 Å². The van der Waals surface area contributed by atoms with E-state index >= 15 is 0 Å². The van der Waals surface area contributed by atoms with Crippen molar-refractivity contribution in [2.24, 2.45) is 0 Å². The molecule has 2 N–H and O–H groups in total. The van der Waals surface area contributed by atoms with Gasteiger partial charge in [0.15, 0.2) is 6.61 Å². The van der Waals surface area contributed by atoms with Crippen LogP contribution >= 0.6 is 0 Å². The van der Waals surface area contributed by atoms with Gasteiger partial charge >= 0.3 is 6.18 Å². The van der Waals surface area contributed by atoms with Crippen molar-refractivity contribution in [3.63, 3.8) is 0 Å². The van der Waals surface area contributed by atoms with E-state index in [0.717, 1.165) is 10.9 Å². The first-order valence-corrected chi connectivity index (χ1v) is 7.10. The Bertz CT molecular complexity index is 838. The lowest BCUT2D eigenvalue weighted by Gasteiger charge is -2.13. The van der Waals surface area contributed by atoms with Crippen LogP contribution < -0.4 is 10.1 Å². The molecule has 3 rings (SSSR count). The Balaban J connectivity index is 1.79. The number of carbonyl (C=O) groups excluding carboxylic acids is 1. The van der Waals surface area contributed by atoms with Gasteiger partial charge < -0.3 is 15.0 Å². The number of amides is 1. The molecule has 0 spiro atoms. The molecule has 0 aliphatic rings. The normalized spacial score (nSPS) is 11.5. The number of halogens is 3. The van der Waals surface area contributed by atoms with E-state index in [-0.39, 0.29) is 11.4 Å². The summed E-state index contributed by atoms with van der Waals surface area (Å²) < 4.78 is 41.7. The van der Waals surface area contributed by atoms with Crippen molar-refractivity contribution in [1.82, 2.24) is 4.98 Å². The average Bonchev–Trinajstić information content (AvgIpc) is 2.97. The van der Waals surface area contributed by atoms with E-state index in [1.165, 1.54) is 18.2 Å². The predicted octanol–water partition coefficient (Wildman–Crippen LogP) is 4.36. The van der Waals surface area contributed by atoms with Crippen LogP contribution in [-0.4, -0.2) is 23.7 Å². The first-order chi connectivity index (χ1) is 11.4. The van der Waals surface area contributed by atoms with Crippen molar-refractivity contribution < 1.29 is 22.7 Å². The number of H-pyrrole nitrogens is 1. The summed E-state index contributed by atoms with van der Waals surface area (Å²) >= 11 is 0. The SMILES string of the molecule is O=C(Nc1ccccc1OCC(F)(F)F)c1cc2ccccc2[nH]1. The zero-order valence-electron chi connectivity index (χ0n) is 12.4. The van der Waals surface area contributed by atoms with Crippen molar-refractivity contribution in [1.29, 1.82) is 0 Å². The molecule has 0 aliphatic carbocycles. The second kappa shape index (κ2) is 6.27. The fourth-order valence-corrected chi connectivity index (χ4v) is 2.24. The Kier molecular flexibility index (Phi) is 4.16. The van der Waals surface area contributed by atoms with Gasteiger partial charge in [0.2, 0.25) is 0 Å². The minimum Gasteiger partial charge on any atom is -0.482 e. The first kappa shape index (κ1) is 15.9. The average molecular weight is 334 g/mol. The molecule has 0 unspecified atom stereocenters. The molecular formula is C17H13F3N2O2. The molecule has 1 amide bonds. The number of aromatic amines is 1. The Labute approximate surface area is 135 Å². The zero-order chi connectivity index (χ0) is 17.2. The van der Waals surface area contributed by atoms with Gasteiger partial charge in [0.1, 0.15) is 11.4 Å². The van der Waals surface area contributed by atoms with Gasteiger partial charge in [-0.15, -0.1) is 0 Å². The summed E-state index contributed by atoms with van der Waals surface area (Å²) in [5.74, 6) is -0.506. The van der Waals surface area contributed by atoms with E-state index in [9.17, 15) is 18.0 Å². The quantitative estimate of drug-likeness (QED) is 0.745. The van der Waals surface area contributed by atoms with Crippen LogP contribution in [0.4, 0.5) is 18.9 Å². The molecule has 7 heteroatoms. The fourth-order valence-electron chi connectivity index (χ4n) is 2.24. The van der Waals surface area contributed by atoms with Crippen molar-refractivity contribution in [2.75, 3.05) is 11.9 Å². The summed E-state index contributed by atoms with van der Waals surface area (Å²) in [6.07, 6.45) is -4.45. The van der Waals surface area contributed by atoms with Crippen molar-refractivity contribution in [3.8, 4) is 5.75 Å². The number of benzene rings is 2. The molecule has 3 aromatic rings. The molecule has 0 saturated carbocycles. The van der Waals surface area contributed by atoms with E-state index in [2.05, 4.69) is 10.3 Å². The highest BCUT2D eigenvalue weighted by Gasteiger charge is 2.29. The third kappa shape index (κ3) is 3.68. The number of hydrogen-bond acceptors (Lipinski definition) is 2. The molecule has 124 valence electrons. The highest BCUT2D eigenvalue weighted by molar-refractivity contribution is 6.06. The second-order valence-electron chi connectivity index (χ2n) is 5.12. The van der Waals surface area contributed by atoms with E-state index < -0.39 is 18.7 Å². The summed E-state index contributed by atoms with van der Waals surface area (Å²) in [5, 5.41) is 3.43. The Morgan fingerprint density at radius 2 is 1.79 bits per heavy atom. The van der Waals surface area contributed by atoms with Crippen LogP contribution in [0.15, 0.2) is 54.6 Å². The van der Waals surface area contributed by atoms with Crippen molar-refractivity contribution in [3.05, 3.63) is 60.3 Å². The predicted molar refractivity (Wildman–Crippen MR) is 84.2 cm³/mol. The molecule has 0 aliphatic heterocycles. The molecule has 24 heavy (non-hydrogen) atoms. The third-order valence-corrected chi connectivity index (χ3v) is 3.30. The van der Waals surface area contributed by atoms with Crippen LogP contribution in [0.1, 0.15) is 10.5 Å². The molecule has 2 aromatic carbocycles. The van der Waals surface area contributed by atoms with E-state index in [1.54, 1.807) is 12.1 Å². The minimum absolute atomic E-state index is 0.0423. The first-order valence-electron chi connectivity index (χ1n) is 7.10. The second-order valence-corrected chi connectivity index (χ2v) is 5.12. The smallest absolute Gasteiger partial charge is 0.422 e. The molecular weight excluding hydrogens is 321 g/mol. The number of carbonyl (C=O) groups is 1. The van der Waals surface area contributed by atoms with Crippen LogP contribution in [0.25, 0.3) is 10.9 Å². The number of para-hydroxylation sites is 3. The van der Waals surface area contributed by atoms with Gasteiger partial charge in [0.05, 0.1) is 5.69 Å². The van der Waals surface area contributed by atoms with Gasteiger partial charge in [-0.05, 0) is 24.3 Å². The van der Waals surface area contributed by atoms with Gasteiger partial charge in [-0.3, -0.25) is 4.79 Å². The number of anilines is 1. The van der Waals surface area contributed by atoms with Crippen LogP contribution in [0.3, 0.4) is 0 Å². The minimum atomic E-state index is -4.45. The maximum atomic E-state index is 12.3. The van der Waals surface area contributed by atoms with Gasteiger partial charge in [0, 0.05) is 10.9 Å². The highest BCUT2D eigenvalue weighted by Crippen LogP contribution is 2.27. The molecule has 0 fully saturated rings. The monoisotopic (exact) mass is 334 g/mol. The summed E-state index contributed by atoms with van der Waals surface area (Å²) in [5.41, 5.74) is 1.27. The molecule has 0 radical (unpaired) electrons. The number of hydrogen-bond donors (Lipinski definition) is 2. The zero-order valence-corrected chi connectivity index (χ0v) is 12.4. The standard InChI is InChI=1S/C17H13F3N2O2/c18-17(19,20)10-24-15-8-4-3-7-13(15)22-16(23)14-9-11-5-1-2-6-12(11)21-14/h1-9,21H,10H2,(H,22,23). The van der Waals surface area contributed by atoms with E-state index in [4.69, 9.17) is 4.74 Å². The van der Waals surface area contributed by atoms with Crippen LogP contribution in [-0.2, 0) is 0 Å². The maximum Gasteiger partial charge on any atom is 0.422 e. The van der Waals surface area contributed by atoms with Crippen LogP contribution in [0.5, 0.6) is 5.75 Å². The van der Waals surface area contributed by atoms with E-state index in [1.807, 2.05) is 24.3 Å². The topological polar surface area (TPSA) is 54.1 Å². The number of nitrogens with one attached hydrogen (secondary N) is 2. The highest BCUT2D eigenvalue weighted by atomic mass is 19.4. The number of ether oxygens (including phenoxy) is 1. The van der Waals surface area contributed by atoms with Crippen LogP contribution in [0, 0.1) is 0 Å². The molecule has 0 bridgehead atoms. The Morgan fingerprint density at radius 3 is 2.54 bits per heavy atom. The summed E-state index contributed by atoms with van der Waals surface area (Å²) in [7, 11) is 0. The van der Waals surface area contributed by atoms with Gasteiger partial charge in [0.25, 0.3) is 5.91 Å². The van der Waals surface area contributed by atoms with Crippen LogP contribution in [0.2, 0.25) is 0 Å². The Morgan fingerprint density at radius 1 is 1.08 bits per heavy atom. The van der Waals surface area contributed by atoms with Gasteiger partial charge in [-0.2, -0.15) is 13.2 Å². The maximum absolute atomic E-state index is 12.3. The molecule has 0 atom stereocenters. The molecule has 1 heterocycles. The lowest BCUT2D eigenvalue weighted by Crippen LogP contribution is -2.20. The third-order valence-electron chi connectivity index (χ3n) is 3.30. The summed E-state index contributed by atoms with van der Waals surface area (Å²) in [6.45, 7) is -1.42. The number of rotatable bonds is 4. The molecule has 0 saturated heterocycles. The van der Waals surface area contributed by atoms with Crippen molar-refractivity contribution >= 4 is 22.5 Å². The molecule has 1 aromatic heterocycles. The summed E-state index contributed by atoms with van der Waals surface area (Å²) in [4.78, 5) is 15.3. The number of alkyl halides is 3. The summed E-state index contributed by atoms with van der Waals surface area (Å²) in [6, 6.07) is 15.0. The fraction of sp³-hybridized carbons (Fsp3) is 0.118. The van der Waals surface area contributed by atoms with Gasteiger partial charge in [-0.25, -0.2) is 0 Å². The number of aromatic nitrogens is 1. The van der Waals surface area contributed by atoms with E-state index in [0.29, 0.717) is 5.69 Å². The number of fused-ring (bicyclic) bond motifs is 1.